The highest BCUT2D eigenvalue weighted by molar-refractivity contribution is 5.95. The van der Waals surface area contributed by atoms with Crippen molar-refractivity contribution in [2.24, 2.45) is 0 Å². The lowest BCUT2D eigenvalue weighted by Gasteiger charge is -2.14. The van der Waals surface area contributed by atoms with E-state index in [4.69, 9.17) is 9.47 Å². The third-order valence-corrected chi connectivity index (χ3v) is 4.69. The van der Waals surface area contributed by atoms with Crippen LogP contribution in [-0.4, -0.2) is 38.1 Å². The first-order valence-corrected chi connectivity index (χ1v) is 8.99. The molecule has 2 aromatic carbocycles. The lowest BCUT2D eigenvalue weighted by molar-refractivity contribution is 0.0950. The van der Waals surface area contributed by atoms with Gasteiger partial charge in [-0.15, -0.1) is 0 Å². The summed E-state index contributed by atoms with van der Waals surface area (Å²) in [5.41, 5.74) is 2.92. The molecule has 0 saturated carbocycles. The Kier molecular flexibility index (Phi) is 6.12. The zero-order valence-corrected chi connectivity index (χ0v) is 15.5. The fourth-order valence-electron chi connectivity index (χ4n) is 3.18. The number of likely N-dealkylation sites (tertiary alicyclic amines) is 1. The van der Waals surface area contributed by atoms with Crippen molar-refractivity contribution in [2.45, 2.75) is 25.9 Å². The maximum Gasteiger partial charge on any atom is 0.251 e. The Hall–Kier alpha value is -2.53. The quantitative estimate of drug-likeness (QED) is 0.829. The first kappa shape index (κ1) is 18.3. The fraction of sp³-hybridized carbons (Fsp3) is 0.381. The summed E-state index contributed by atoms with van der Waals surface area (Å²) in [6.45, 7) is 3.89. The number of nitrogens with one attached hydrogen (secondary N) is 1. The minimum atomic E-state index is -0.150. The van der Waals surface area contributed by atoms with E-state index >= 15 is 0 Å². The number of methoxy groups -OCH3 is 2. The molecule has 5 heteroatoms. The van der Waals surface area contributed by atoms with Gasteiger partial charge in [0, 0.05) is 24.7 Å². The van der Waals surface area contributed by atoms with Gasteiger partial charge in [0.1, 0.15) is 11.5 Å². The first-order valence-electron chi connectivity index (χ1n) is 8.99. The Bertz CT molecular complexity index is 715. The van der Waals surface area contributed by atoms with E-state index in [0.717, 1.165) is 12.1 Å². The largest absolute Gasteiger partial charge is 0.497 e. The molecule has 1 fully saturated rings. The van der Waals surface area contributed by atoms with Crippen LogP contribution in [0.4, 0.5) is 0 Å². The first-order chi connectivity index (χ1) is 12.7. The number of benzene rings is 2. The van der Waals surface area contributed by atoms with E-state index in [0.29, 0.717) is 23.6 Å². The molecular weight excluding hydrogens is 328 g/mol. The van der Waals surface area contributed by atoms with Crippen molar-refractivity contribution >= 4 is 5.91 Å². The van der Waals surface area contributed by atoms with Gasteiger partial charge in [0.15, 0.2) is 0 Å². The highest BCUT2D eigenvalue weighted by Crippen LogP contribution is 2.22. The number of hydrogen-bond donors (Lipinski definition) is 1. The van der Waals surface area contributed by atoms with E-state index < -0.39 is 0 Å². The van der Waals surface area contributed by atoms with Crippen LogP contribution in [0.3, 0.4) is 0 Å². The molecule has 1 aliphatic heterocycles. The summed E-state index contributed by atoms with van der Waals surface area (Å²) in [5.74, 6) is 1.05. The van der Waals surface area contributed by atoms with Gasteiger partial charge in [-0.05, 0) is 49.2 Å². The van der Waals surface area contributed by atoms with E-state index in [2.05, 4.69) is 34.5 Å². The Morgan fingerprint density at radius 1 is 0.962 bits per heavy atom. The second kappa shape index (κ2) is 8.72. The third kappa shape index (κ3) is 4.76. The molecule has 0 aromatic heterocycles. The highest BCUT2D eigenvalue weighted by Gasteiger charge is 2.12. The molecule has 0 unspecified atom stereocenters. The summed E-state index contributed by atoms with van der Waals surface area (Å²) in [4.78, 5) is 14.9. The van der Waals surface area contributed by atoms with E-state index in [1.807, 2.05) is 0 Å². The molecule has 0 bridgehead atoms. The second-order valence-electron chi connectivity index (χ2n) is 6.58. The summed E-state index contributed by atoms with van der Waals surface area (Å²) >= 11 is 0. The van der Waals surface area contributed by atoms with Gasteiger partial charge < -0.3 is 14.8 Å². The lowest BCUT2D eigenvalue weighted by atomic mass is 10.1. The molecule has 0 atom stereocenters. The van der Waals surface area contributed by atoms with Gasteiger partial charge in [-0.2, -0.15) is 0 Å². The fourth-order valence-corrected chi connectivity index (χ4v) is 3.18. The number of hydrogen-bond acceptors (Lipinski definition) is 4. The van der Waals surface area contributed by atoms with Gasteiger partial charge in [0.2, 0.25) is 0 Å². The van der Waals surface area contributed by atoms with E-state index in [1.54, 1.807) is 32.4 Å². The molecular formula is C21H26N2O3. The van der Waals surface area contributed by atoms with Crippen LogP contribution in [0, 0.1) is 0 Å². The van der Waals surface area contributed by atoms with Crippen molar-refractivity contribution in [2.75, 3.05) is 27.3 Å². The van der Waals surface area contributed by atoms with Crippen LogP contribution >= 0.6 is 0 Å². The zero-order valence-electron chi connectivity index (χ0n) is 15.5. The number of amides is 1. The monoisotopic (exact) mass is 354 g/mol. The molecule has 1 aliphatic rings. The molecule has 1 N–H and O–H groups in total. The van der Waals surface area contributed by atoms with Crippen molar-refractivity contribution in [1.82, 2.24) is 10.2 Å². The molecule has 138 valence electrons. The van der Waals surface area contributed by atoms with Crippen LogP contribution in [0.15, 0.2) is 42.5 Å². The lowest BCUT2D eigenvalue weighted by Crippen LogP contribution is -2.23. The molecule has 26 heavy (non-hydrogen) atoms. The van der Waals surface area contributed by atoms with E-state index in [1.165, 1.54) is 31.5 Å². The zero-order chi connectivity index (χ0) is 18.4. The van der Waals surface area contributed by atoms with Crippen molar-refractivity contribution in [3.63, 3.8) is 0 Å². The average Bonchev–Trinajstić information content (AvgIpc) is 3.19. The summed E-state index contributed by atoms with van der Waals surface area (Å²) in [5, 5.41) is 2.95. The summed E-state index contributed by atoms with van der Waals surface area (Å²) in [6.07, 6.45) is 2.61. The standard InChI is InChI=1S/C21H26N2O3/c1-25-19-11-18(12-20(13-19)26-2)21(24)22-14-16-5-7-17(8-6-16)15-23-9-3-4-10-23/h5-8,11-13H,3-4,9-10,14-15H2,1-2H3,(H,22,24). The van der Waals surface area contributed by atoms with Crippen LogP contribution in [0.2, 0.25) is 0 Å². The number of ether oxygens (including phenoxy) is 2. The Morgan fingerprint density at radius 2 is 1.54 bits per heavy atom. The molecule has 1 amide bonds. The van der Waals surface area contributed by atoms with Gasteiger partial charge in [-0.25, -0.2) is 0 Å². The number of carbonyl (C=O) groups excluding carboxylic acids is 1. The Morgan fingerprint density at radius 3 is 2.12 bits per heavy atom. The normalized spacial score (nSPS) is 14.2. The molecule has 0 spiro atoms. The van der Waals surface area contributed by atoms with E-state index in [-0.39, 0.29) is 5.91 Å². The SMILES string of the molecule is COc1cc(OC)cc(C(=O)NCc2ccc(CN3CCCC3)cc2)c1. The summed E-state index contributed by atoms with van der Waals surface area (Å²) in [7, 11) is 3.14. The molecule has 0 aliphatic carbocycles. The Balaban J connectivity index is 1.57. The van der Waals surface area contributed by atoms with Crippen molar-refractivity contribution in [3.8, 4) is 11.5 Å². The maximum absolute atomic E-state index is 12.4. The minimum Gasteiger partial charge on any atom is -0.497 e. The van der Waals surface area contributed by atoms with Crippen LogP contribution in [0.25, 0.3) is 0 Å². The minimum absolute atomic E-state index is 0.150. The third-order valence-electron chi connectivity index (χ3n) is 4.69. The van der Waals surface area contributed by atoms with Crippen LogP contribution in [0.5, 0.6) is 11.5 Å². The highest BCUT2D eigenvalue weighted by atomic mass is 16.5. The van der Waals surface area contributed by atoms with Gasteiger partial charge in [-0.1, -0.05) is 24.3 Å². The van der Waals surface area contributed by atoms with Gasteiger partial charge >= 0.3 is 0 Å². The average molecular weight is 354 g/mol. The van der Waals surface area contributed by atoms with Gasteiger partial charge in [0.25, 0.3) is 5.91 Å². The molecule has 3 rings (SSSR count). The molecule has 1 saturated heterocycles. The predicted molar refractivity (Wildman–Crippen MR) is 102 cm³/mol. The molecule has 0 radical (unpaired) electrons. The number of nitrogens with zero attached hydrogens (tertiary/aromatic N) is 1. The number of rotatable bonds is 7. The van der Waals surface area contributed by atoms with Crippen molar-refractivity contribution in [3.05, 3.63) is 59.2 Å². The van der Waals surface area contributed by atoms with Crippen LogP contribution in [0.1, 0.15) is 34.3 Å². The predicted octanol–water partition coefficient (Wildman–Crippen LogP) is 3.23. The smallest absolute Gasteiger partial charge is 0.251 e. The number of carbonyl (C=O) groups is 1. The molecule has 2 aromatic rings. The van der Waals surface area contributed by atoms with Crippen molar-refractivity contribution in [1.29, 1.82) is 0 Å². The maximum atomic E-state index is 12.4. The van der Waals surface area contributed by atoms with Crippen LogP contribution < -0.4 is 14.8 Å². The second-order valence-corrected chi connectivity index (χ2v) is 6.58. The topological polar surface area (TPSA) is 50.8 Å². The van der Waals surface area contributed by atoms with Crippen LogP contribution in [-0.2, 0) is 13.1 Å². The molecule has 5 nitrogen and oxygen atoms in total. The van der Waals surface area contributed by atoms with Gasteiger partial charge in [-0.3, -0.25) is 9.69 Å². The Labute approximate surface area is 154 Å². The molecule has 1 heterocycles. The van der Waals surface area contributed by atoms with Gasteiger partial charge in [0.05, 0.1) is 14.2 Å². The summed E-state index contributed by atoms with van der Waals surface area (Å²) in [6, 6.07) is 13.6. The summed E-state index contributed by atoms with van der Waals surface area (Å²) < 4.78 is 10.4. The van der Waals surface area contributed by atoms with Crippen molar-refractivity contribution < 1.29 is 14.3 Å². The van der Waals surface area contributed by atoms with E-state index in [9.17, 15) is 4.79 Å².